The van der Waals surface area contributed by atoms with Crippen molar-refractivity contribution < 1.29 is 37.1 Å². The molecular formula is C23H40N4O8S. The summed E-state index contributed by atoms with van der Waals surface area (Å²) in [6.07, 6.45) is 1.25. The number of piperidine rings is 1. The summed E-state index contributed by atoms with van der Waals surface area (Å²) in [5.74, 6) is -0.620. The fourth-order valence-corrected chi connectivity index (χ4v) is 4.26. The number of carbonyl (C=O) groups is 4. The quantitative estimate of drug-likeness (QED) is 0.271. The van der Waals surface area contributed by atoms with Crippen molar-refractivity contribution in [2.24, 2.45) is 5.41 Å². The normalized spacial score (nSPS) is 19.8. The summed E-state index contributed by atoms with van der Waals surface area (Å²) in [5.41, 5.74) is -1.41. The molecule has 36 heavy (non-hydrogen) atoms. The zero-order valence-electron chi connectivity index (χ0n) is 22.3. The molecule has 206 valence electrons. The summed E-state index contributed by atoms with van der Waals surface area (Å²) in [5, 5.41) is 4.12. The van der Waals surface area contributed by atoms with Crippen LogP contribution in [0.4, 0.5) is 9.59 Å². The monoisotopic (exact) mass is 532 g/mol. The van der Waals surface area contributed by atoms with Crippen LogP contribution in [-0.4, -0.2) is 96.4 Å². The Balaban J connectivity index is 1.74. The second kappa shape index (κ2) is 12.8. The molecule has 0 unspecified atom stereocenters. The van der Waals surface area contributed by atoms with E-state index >= 15 is 0 Å². The lowest BCUT2D eigenvalue weighted by Gasteiger charge is -2.38. The standard InChI is InChI=1S/C23H40N4O8S/c1-8-32-19(29)23(5,6)15-33-36-35-27-14-11-17(25(7)20(27)30)18(28)24-16-9-12-26(13-10-16)21(31)34-22(2,3)4/h16-17H,8-15H2,1-7H3,(H,24,28)/t17-/m0/s1. The van der Waals surface area contributed by atoms with E-state index in [0.717, 1.165) is 5.06 Å². The first-order valence-electron chi connectivity index (χ1n) is 12.2. The number of likely N-dealkylation sites (N-methyl/N-ethyl adjacent to an activating group) is 1. The third-order valence-corrected chi connectivity index (χ3v) is 6.26. The molecular weight excluding hydrogens is 492 g/mol. The summed E-state index contributed by atoms with van der Waals surface area (Å²) >= 11 is 0.599. The first-order chi connectivity index (χ1) is 16.7. The first-order valence-corrected chi connectivity index (χ1v) is 12.9. The van der Waals surface area contributed by atoms with E-state index < -0.39 is 23.1 Å². The third-order valence-electron chi connectivity index (χ3n) is 5.80. The molecule has 0 radical (unpaired) electrons. The van der Waals surface area contributed by atoms with E-state index in [0.29, 0.717) is 44.7 Å². The first kappa shape index (κ1) is 30.0. The smallest absolute Gasteiger partial charge is 0.410 e. The Morgan fingerprint density at radius 3 is 2.28 bits per heavy atom. The molecule has 0 bridgehead atoms. The molecule has 2 fully saturated rings. The highest BCUT2D eigenvalue weighted by Gasteiger charge is 2.38. The van der Waals surface area contributed by atoms with Crippen LogP contribution in [0.1, 0.15) is 60.8 Å². The summed E-state index contributed by atoms with van der Waals surface area (Å²) in [6, 6.07) is -1.18. The second-order valence-corrected chi connectivity index (χ2v) is 11.1. The fraction of sp³-hybridized carbons (Fsp3) is 0.826. The van der Waals surface area contributed by atoms with Gasteiger partial charge in [0.2, 0.25) is 5.91 Å². The number of amides is 4. The van der Waals surface area contributed by atoms with Crippen molar-refractivity contribution in [2.75, 3.05) is 39.9 Å². The van der Waals surface area contributed by atoms with E-state index in [2.05, 4.69) is 5.32 Å². The fourth-order valence-electron chi connectivity index (χ4n) is 3.66. The molecule has 2 heterocycles. The largest absolute Gasteiger partial charge is 0.466 e. The average molecular weight is 533 g/mol. The maximum absolute atomic E-state index is 12.9. The van der Waals surface area contributed by atoms with Crippen LogP contribution in [0, 0.1) is 5.41 Å². The number of likely N-dealkylation sites (tertiary alicyclic amines) is 1. The minimum atomic E-state index is -0.860. The number of rotatable bonds is 9. The van der Waals surface area contributed by atoms with E-state index in [-0.39, 0.29) is 43.8 Å². The number of carbonyl (C=O) groups excluding carboxylic acids is 4. The highest BCUT2D eigenvalue weighted by Crippen LogP contribution is 2.24. The number of urea groups is 1. The van der Waals surface area contributed by atoms with Crippen molar-refractivity contribution in [3.63, 3.8) is 0 Å². The van der Waals surface area contributed by atoms with Gasteiger partial charge in [-0.1, -0.05) is 0 Å². The molecule has 0 aromatic rings. The highest BCUT2D eigenvalue weighted by atomic mass is 32.2. The van der Waals surface area contributed by atoms with Crippen molar-refractivity contribution in [1.29, 1.82) is 0 Å². The number of ether oxygens (including phenoxy) is 2. The minimum Gasteiger partial charge on any atom is -0.466 e. The van der Waals surface area contributed by atoms with Gasteiger partial charge in [0.15, 0.2) is 12.3 Å². The van der Waals surface area contributed by atoms with E-state index in [1.807, 2.05) is 20.8 Å². The molecule has 0 aromatic heterocycles. The minimum absolute atomic E-state index is 0.0339. The summed E-state index contributed by atoms with van der Waals surface area (Å²) < 4.78 is 21.1. The number of nitrogens with one attached hydrogen (secondary N) is 1. The number of hydrogen-bond donors (Lipinski definition) is 1. The van der Waals surface area contributed by atoms with Gasteiger partial charge in [-0.25, -0.2) is 9.59 Å². The summed E-state index contributed by atoms with van der Waals surface area (Å²) in [4.78, 5) is 52.7. The Labute approximate surface area is 217 Å². The van der Waals surface area contributed by atoms with E-state index in [9.17, 15) is 19.2 Å². The van der Waals surface area contributed by atoms with Crippen LogP contribution < -0.4 is 5.32 Å². The van der Waals surface area contributed by atoms with Gasteiger partial charge in [-0.3, -0.25) is 13.8 Å². The van der Waals surface area contributed by atoms with Crippen LogP contribution >= 0.6 is 12.3 Å². The van der Waals surface area contributed by atoms with Crippen LogP contribution in [0.15, 0.2) is 0 Å². The maximum atomic E-state index is 12.9. The number of hydrogen-bond acceptors (Lipinski definition) is 9. The van der Waals surface area contributed by atoms with Crippen LogP contribution in [0.3, 0.4) is 0 Å². The lowest BCUT2D eigenvalue weighted by atomic mass is 9.95. The van der Waals surface area contributed by atoms with Gasteiger partial charge >= 0.3 is 18.1 Å². The molecule has 1 atom stereocenters. The zero-order valence-corrected chi connectivity index (χ0v) is 23.1. The van der Waals surface area contributed by atoms with Crippen LogP contribution in [0.5, 0.6) is 0 Å². The third kappa shape index (κ3) is 8.70. The highest BCUT2D eigenvalue weighted by molar-refractivity contribution is 7.89. The van der Waals surface area contributed by atoms with E-state index in [1.54, 1.807) is 32.7 Å². The van der Waals surface area contributed by atoms with Crippen LogP contribution in [0.2, 0.25) is 0 Å². The van der Waals surface area contributed by atoms with Gasteiger partial charge in [0, 0.05) is 26.2 Å². The van der Waals surface area contributed by atoms with Gasteiger partial charge in [-0.2, -0.15) is 9.35 Å². The molecule has 0 aliphatic carbocycles. The van der Waals surface area contributed by atoms with Gasteiger partial charge in [0.05, 0.1) is 25.2 Å². The molecule has 0 saturated carbocycles. The SMILES string of the molecule is CCOC(=O)C(C)(C)COSON1CC[C@@H](C(=O)NC2CCN(C(=O)OC(C)(C)C)CC2)N(C)C1=O. The Bertz CT molecular complexity index is 795. The number of nitrogens with zero attached hydrogens (tertiary/aromatic N) is 3. The molecule has 1 N–H and O–H groups in total. The van der Waals surface area contributed by atoms with Crippen molar-refractivity contribution in [3.8, 4) is 0 Å². The Hall–Kier alpha value is -2.25. The van der Waals surface area contributed by atoms with Gasteiger partial charge in [0.1, 0.15) is 11.6 Å². The lowest BCUT2D eigenvalue weighted by molar-refractivity contribution is -0.155. The molecule has 0 aromatic carbocycles. The molecule has 2 aliphatic rings. The van der Waals surface area contributed by atoms with E-state index in [1.165, 1.54) is 4.90 Å². The topological polar surface area (TPSA) is 127 Å². The van der Waals surface area contributed by atoms with Crippen molar-refractivity contribution in [1.82, 2.24) is 20.2 Å². The Kier molecular flexibility index (Phi) is 10.7. The molecule has 4 amide bonds. The van der Waals surface area contributed by atoms with Crippen molar-refractivity contribution in [3.05, 3.63) is 0 Å². The van der Waals surface area contributed by atoms with E-state index in [4.69, 9.17) is 17.9 Å². The maximum Gasteiger partial charge on any atom is 0.410 e. The predicted octanol–water partition coefficient (Wildman–Crippen LogP) is 2.73. The Morgan fingerprint density at radius 1 is 1.06 bits per heavy atom. The lowest BCUT2D eigenvalue weighted by Crippen LogP contribution is -2.58. The van der Waals surface area contributed by atoms with Crippen LogP contribution in [0.25, 0.3) is 0 Å². The van der Waals surface area contributed by atoms with Crippen molar-refractivity contribution in [2.45, 2.75) is 78.5 Å². The average Bonchev–Trinajstić information content (AvgIpc) is 2.78. The predicted molar refractivity (Wildman–Crippen MR) is 132 cm³/mol. The van der Waals surface area contributed by atoms with Gasteiger partial charge in [-0.05, 0) is 60.8 Å². The van der Waals surface area contributed by atoms with Crippen LogP contribution in [-0.2, 0) is 27.5 Å². The Morgan fingerprint density at radius 2 is 1.69 bits per heavy atom. The number of esters is 1. The van der Waals surface area contributed by atoms with Gasteiger partial charge in [-0.15, -0.1) is 0 Å². The molecule has 0 spiro atoms. The van der Waals surface area contributed by atoms with Crippen molar-refractivity contribution >= 4 is 36.3 Å². The molecule has 13 heteroatoms. The molecule has 2 rings (SSSR count). The number of hydroxylamine groups is 2. The second-order valence-electron chi connectivity index (χ2n) is 10.6. The molecule has 2 saturated heterocycles. The molecule has 12 nitrogen and oxygen atoms in total. The zero-order chi connectivity index (χ0) is 27.1. The molecule has 2 aliphatic heterocycles. The summed E-state index contributed by atoms with van der Waals surface area (Å²) in [6.45, 7) is 12.1. The van der Waals surface area contributed by atoms with Gasteiger partial charge in [0.25, 0.3) is 0 Å². The van der Waals surface area contributed by atoms with Gasteiger partial charge < -0.3 is 24.6 Å². The summed E-state index contributed by atoms with van der Waals surface area (Å²) in [7, 11) is 1.54.